The first-order chi connectivity index (χ1) is 11.8. The standard InChI is InChI=1S/C17H23N5O2/c1-2-13-11-22(12-14(13)20-7-9-24-10-8-20)17(23)15-16-19-4-6-21(16)5-3-18-15/h3-6,13-14H,2,7-12H2,1H3/t13-,14-/m0/s1. The zero-order valence-corrected chi connectivity index (χ0v) is 14.0. The normalized spacial score (nSPS) is 25.5. The van der Waals surface area contributed by atoms with Crippen LogP contribution in [0.1, 0.15) is 23.8 Å². The van der Waals surface area contributed by atoms with E-state index in [1.165, 1.54) is 0 Å². The molecule has 7 heteroatoms. The Kier molecular flexibility index (Phi) is 4.20. The fourth-order valence-electron chi connectivity index (χ4n) is 3.90. The van der Waals surface area contributed by atoms with Crippen LogP contribution in [0.15, 0.2) is 24.8 Å². The highest BCUT2D eigenvalue weighted by Gasteiger charge is 2.39. The molecule has 0 spiro atoms. The maximum Gasteiger partial charge on any atom is 0.276 e. The summed E-state index contributed by atoms with van der Waals surface area (Å²) >= 11 is 0. The van der Waals surface area contributed by atoms with E-state index in [-0.39, 0.29) is 5.91 Å². The van der Waals surface area contributed by atoms with E-state index < -0.39 is 0 Å². The van der Waals surface area contributed by atoms with Gasteiger partial charge in [0.2, 0.25) is 0 Å². The summed E-state index contributed by atoms with van der Waals surface area (Å²) in [5.74, 6) is 0.493. The van der Waals surface area contributed by atoms with E-state index in [9.17, 15) is 4.79 Å². The zero-order valence-electron chi connectivity index (χ0n) is 14.0. The van der Waals surface area contributed by atoms with Gasteiger partial charge in [0, 0.05) is 57.0 Å². The molecule has 2 fully saturated rings. The van der Waals surface area contributed by atoms with Crippen molar-refractivity contribution >= 4 is 11.6 Å². The van der Waals surface area contributed by atoms with E-state index >= 15 is 0 Å². The average Bonchev–Trinajstić information content (AvgIpc) is 3.28. The second-order valence-electron chi connectivity index (χ2n) is 6.53. The number of likely N-dealkylation sites (tertiary alicyclic amines) is 1. The van der Waals surface area contributed by atoms with Crippen LogP contribution in [0.3, 0.4) is 0 Å². The van der Waals surface area contributed by atoms with Crippen LogP contribution < -0.4 is 0 Å². The molecule has 0 aliphatic carbocycles. The van der Waals surface area contributed by atoms with Crippen molar-refractivity contribution in [1.29, 1.82) is 0 Å². The molecule has 2 atom stereocenters. The maximum atomic E-state index is 13.0. The Morgan fingerprint density at radius 2 is 1.96 bits per heavy atom. The minimum atomic E-state index is -0.0130. The predicted octanol–water partition coefficient (Wildman–Crippen LogP) is 0.912. The summed E-state index contributed by atoms with van der Waals surface area (Å²) in [5, 5.41) is 0. The molecule has 4 heterocycles. The first-order valence-corrected chi connectivity index (χ1v) is 8.66. The lowest BCUT2D eigenvalue weighted by Gasteiger charge is -2.34. The summed E-state index contributed by atoms with van der Waals surface area (Å²) in [6.45, 7) is 7.25. The summed E-state index contributed by atoms with van der Waals surface area (Å²) in [6.07, 6.45) is 8.09. The number of hydrogen-bond acceptors (Lipinski definition) is 5. The van der Waals surface area contributed by atoms with Crippen molar-refractivity contribution in [2.24, 2.45) is 5.92 Å². The number of rotatable bonds is 3. The van der Waals surface area contributed by atoms with Crippen LogP contribution >= 0.6 is 0 Å². The molecule has 1 amide bonds. The molecule has 0 aromatic carbocycles. The van der Waals surface area contributed by atoms with Crippen LogP contribution in [0.4, 0.5) is 0 Å². The largest absolute Gasteiger partial charge is 0.379 e. The highest BCUT2D eigenvalue weighted by atomic mass is 16.5. The molecular formula is C17H23N5O2. The number of fused-ring (bicyclic) bond motifs is 1. The van der Waals surface area contributed by atoms with E-state index in [1.54, 1.807) is 12.4 Å². The van der Waals surface area contributed by atoms with E-state index in [0.29, 0.717) is 23.3 Å². The van der Waals surface area contributed by atoms with Crippen LogP contribution in [-0.2, 0) is 4.74 Å². The second kappa shape index (κ2) is 6.49. The Balaban J connectivity index is 1.56. The van der Waals surface area contributed by atoms with Crippen LogP contribution in [0.2, 0.25) is 0 Å². The van der Waals surface area contributed by atoms with Crippen molar-refractivity contribution in [3.8, 4) is 0 Å². The number of amides is 1. The van der Waals surface area contributed by atoms with Crippen molar-refractivity contribution in [2.45, 2.75) is 19.4 Å². The van der Waals surface area contributed by atoms with Gasteiger partial charge >= 0.3 is 0 Å². The van der Waals surface area contributed by atoms with Crippen molar-refractivity contribution < 1.29 is 9.53 Å². The summed E-state index contributed by atoms with van der Waals surface area (Å²) in [4.78, 5) is 26.0. The maximum absolute atomic E-state index is 13.0. The van der Waals surface area contributed by atoms with Gasteiger partial charge in [-0.1, -0.05) is 13.3 Å². The van der Waals surface area contributed by atoms with Crippen LogP contribution in [0.5, 0.6) is 0 Å². The van der Waals surface area contributed by atoms with E-state index in [1.807, 2.05) is 21.7 Å². The summed E-state index contributed by atoms with van der Waals surface area (Å²) in [5.41, 5.74) is 1.07. The van der Waals surface area contributed by atoms with Gasteiger partial charge in [-0.3, -0.25) is 9.69 Å². The van der Waals surface area contributed by atoms with Gasteiger partial charge in [0.15, 0.2) is 11.3 Å². The molecule has 24 heavy (non-hydrogen) atoms. The number of carbonyl (C=O) groups excluding carboxylic acids is 1. The molecule has 0 saturated carbocycles. The lowest BCUT2D eigenvalue weighted by atomic mass is 9.99. The van der Waals surface area contributed by atoms with Crippen molar-refractivity contribution in [3.05, 3.63) is 30.5 Å². The monoisotopic (exact) mass is 329 g/mol. The van der Waals surface area contributed by atoms with Gasteiger partial charge < -0.3 is 14.0 Å². The predicted molar refractivity (Wildman–Crippen MR) is 88.9 cm³/mol. The number of hydrogen-bond donors (Lipinski definition) is 0. The third kappa shape index (κ3) is 2.67. The van der Waals surface area contributed by atoms with E-state index in [4.69, 9.17) is 4.74 Å². The van der Waals surface area contributed by atoms with Crippen molar-refractivity contribution in [2.75, 3.05) is 39.4 Å². The Morgan fingerprint density at radius 3 is 2.71 bits per heavy atom. The Labute approximate surface area is 141 Å². The molecule has 4 rings (SSSR count). The molecule has 2 saturated heterocycles. The molecule has 0 radical (unpaired) electrons. The fraction of sp³-hybridized carbons (Fsp3) is 0.588. The number of ether oxygens (including phenoxy) is 1. The molecule has 128 valence electrons. The molecule has 0 N–H and O–H groups in total. The highest BCUT2D eigenvalue weighted by molar-refractivity contribution is 5.97. The highest BCUT2D eigenvalue weighted by Crippen LogP contribution is 2.27. The molecule has 2 aliphatic heterocycles. The van der Waals surface area contributed by atoms with E-state index in [0.717, 1.165) is 45.8 Å². The first-order valence-electron chi connectivity index (χ1n) is 8.66. The minimum Gasteiger partial charge on any atom is -0.379 e. The summed E-state index contributed by atoms with van der Waals surface area (Å²) in [6, 6.07) is 0.419. The average molecular weight is 329 g/mol. The molecule has 0 unspecified atom stereocenters. The summed E-state index contributed by atoms with van der Waals surface area (Å²) in [7, 11) is 0. The van der Waals surface area contributed by atoms with Crippen LogP contribution in [0.25, 0.3) is 5.65 Å². The van der Waals surface area contributed by atoms with E-state index in [2.05, 4.69) is 21.8 Å². The van der Waals surface area contributed by atoms with Gasteiger partial charge in [-0.05, 0) is 5.92 Å². The zero-order chi connectivity index (χ0) is 16.5. The number of aromatic nitrogens is 3. The van der Waals surface area contributed by atoms with Crippen molar-refractivity contribution in [1.82, 2.24) is 24.2 Å². The summed E-state index contributed by atoms with van der Waals surface area (Å²) < 4.78 is 7.31. The molecule has 0 bridgehead atoms. The van der Waals surface area contributed by atoms with Crippen LogP contribution in [-0.4, -0.2) is 75.5 Å². The van der Waals surface area contributed by atoms with Gasteiger partial charge in [-0.2, -0.15) is 0 Å². The van der Waals surface area contributed by atoms with Gasteiger partial charge in [-0.25, -0.2) is 9.97 Å². The number of morpholine rings is 1. The fourth-order valence-corrected chi connectivity index (χ4v) is 3.90. The number of nitrogens with zero attached hydrogens (tertiary/aromatic N) is 5. The topological polar surface area (TPSA) is 63.0 Å². The second-order valence-corrected chi connectivity index (χ2v) is 6.53. The molecule has 7 nitrogen and oxygen atoms in total. The molecule has 2 aliphatic rings. The minimum absolute atomic E-state index is 0.0130. The van der Waals surface area contributed by atoms with Crippen molar-refractivity contribution in [3.63, 3.8) is 0 Å². The lowest BCUT2D eigenvalue weighted by Crippen LogP contribution is -2.47. The Hall–Kier alpha value is -1.99. The number of carbonyl (C=O) groups is 1. The lowest BCUT2D eigenvalue weighted by molar-refractivity contribution is 0.0102. The van der Waals surface area contributed by atoms with Gasteiger partial charge in [-0.15, -0.1) is 0 Å². The number of imidazole rings is 1. The first kappa shape index (κ1) is 15.5. The molecule has 2 aromatic rings. The van der Waals surface area contributed by atoms with Gasteiger partial charge in [0.05, 0.1) is 13.2 Å². The van der Waals surface area contributed by atoms with Crippen LogP contribution in [0, 0.1) is 5.92 Å². The molecule has 2 aromatic heterocycles. The van der Waals surface area contributed by atoms with Gasteiger partial charge in [0.1, 0.15) is 0 Å². The third-order valence-electron chi connectivity index (χ3n) is 5.25. The third-order valence-corrected chi connectivity index (χ3v) is 5.25. The SMILES string of the molecule is CC[C@H]1CN(C(=O)c2nccn3ccnc23)C[C@@H]1N1CCOCC1. The Bertz CT molecular complexity index is 725. The Morgan fingerprint density at radius 1 is 1.21 bits per heavy atom. The quantitative estimate of drug-likeness (QED) is 0.838. The van der Waals surface area contributed by atoms with Gasteiger partial charge in [0.25, 0.3) is 5.91 Å². The smallest absolute Gasteiger partial charge is 0.276 e. The molecular weight excluding hydrogens is 306 g/mol.